The molecule has 78 valence electrons. The molecule has 0 radical (unpaired) electrons. The van der Waals surface area contributed by atoms with Crippen molar-refractivity contribution in [2.24, 2.45) is 0 Å². The number of nitrogens with one attached hydrogen (secondary N) is 1. The summed E-state index contributed by atoms with van der Waals surface area (Å²) < 4.78 is 0. The quantitative estimate of drug-likeness (QED) is 0.780. The van der Waals surface area contributed by atoms with Gasteiger partial charge in [0.2, 0.25) is 0 Å². The molecule has 1 N–H and O–H groups in total. The van der Waals surface area contributed by atoms with Gasteiger partial charge < -0.3 is 5.32 Å². The van der Waals surface area contributed by atoms with E-state index >= 15 is 0 Å². The lowest BCUT2D eigenvalue weighted by atomic mass is 9.98. The molecule has 1 saturated heterocycles. The Morgan fingerprint density at radius 2 is 2.14 bits per heavy atom. The number of hydrogen-bond acceptors (Lipinski definition) is 1. The van der Waals surface area contributed by atoms with Crippen LogP contribution < -0.4 is 5.32 Å². The van der Waals surface area contributed by atoms with Crippen LogP contribution in [-0.4, -0.2) is 6.54 Å². The molecular formula is C11H15Cl2N. The first-order valence-electron chi connectivity index (χ1n) is 4.85. The van der Waals surface area contributed by atoms with Crippen molar-refractivity contribution in [3.8, 4) is 0 Å². The van der Waals surface area contributed by atoms with Crippen molar-refractivity contribution in [1.29, 1.82) is 0 Å². The van der Waals surface area contributed by atoms with E-state index in [0.29, 0.717) is 6.04 Å². The van der Waals surface area contributed by atoms with Crippen LogP contribution in [-0.2, 0) is 0 Å². The summed E-state index contributed by atoms with van der Waals surface area (Å²) >= 11 is 5.94. The molecule has 0 unspecified atom stereocenters. The number of benzene rings is 1. The second-order valence-corrected chi connectivity index (χ2v) is 3.99. The molecule has 2 rings (SSSR count). The van der Waals surface area contributed by atoms with E-state index in [1.54, 1.807) is 0 Å². The van der Waals surface area contributed by atoms with Gasteiger partial charge in [-0.1, -0.05) is 30.2 Å². The molecule has 0 bridgehead atoms. The highest BCUT2D eigenvalue weighted by molar-refractivity contribution is 6.30. The van der Waals surface area contributed by atoms with Crippen LogP contribution >= 0.6 is 24.0 Å². The minimum atomic E-state index is 0. The second-order valence-electron chi connectivity index (χ2n) is 3.56. The average molecular weight is 232 g/mol. The van der Waals surface area contributed by atoms with E-state index in [-0.39, 0.29) is 12.4 Å². The fourth-order valence-electron chi connectivity index (χ4n) is 1.86. The van der Waals surface area contributed by atoms with Crippen molar-refractivity contribution < 1.29 is 0 Å². The van der Waals surface area contributed by atoms with Gasteiger partial charge in [0.15, 0.2) is 0 Å². The summed E-state index contributed by atoms with van der Waals surface area (Å²) in [7, 11) is 0. The van der Waals surface area contributed by atoms with Gasteiger partial charge in [-0.05, 0) is 37.1 Å². The molecule has 1 aliphatic heterocycles. The minimum Gasteiger partial charge on any atom is -0.310 e. The van der Waals surface area contributed by atoms with Crippen LogP contribution in [0.4, 0.5) is 0 Å². The Bertz CT molecular complexity index is 282. The molecule has 1 aromatic carbocycles. The van der Waals surface area contributed by atoms with E-state index in [1.807, 2.05) is 12.1 Å². The van der Waals surface area contributed by atoms with Gasteiger partial charge in [-0.15, -0.1) is 12.4 Å². The first kappa shape index (κ1) is 11.8. The maximum absolute atomic E-state index is 5.94. The SMILES string of the molecule is Cl.Clc1cccc([C@@H]2CCCCN2)c1. The Morgan fingerprint density at radius 1 is 1.29 bits per heavy atom. The third-order valence-electron chi connectivity index (χ3n) is 2.56. The summed E-state index contributed by atoms with van der Waals surface area (Å²) in [6, 6.07) is 8.67. The fraction of sp³-hybridized carbons (Fsp3) is 0.455. The first-order valence-corrected chi connectivity index (χ1v) is 5.23. The van der Waals surface area contributed by atoms with E-state index in [1.165, 1.54) is 24.8 Å². The maximum atomic E-state index is 5.94. The second kappa shape index (κ2) is 5.59. The van der Waals surface area contributed by atoms with Crippen molar-refractivity contribution >= 4 is 24.0 Å². The molecule has 3 heteroatoms. The van der Waals surface area contributed by atoms with Crippen LogP contribution in [0, 0.1) is 0 Å². The highest BCUT2D eigenvalue weighted by atomic mass is 35.5. The van der Waals surface area contributed by atoms with Crippen molar-refractivity contribution in [3.63, 3.8) is 0 Å². The number of hydrogen-bond donors (Lipinski definition) is 1. The molecule has 0 amide bonds. The summed E-state index contributed by atoms with van der Waals surface area (Å²) in [6.45, 7) is 1.14. The van der Waals surface area contributed by atoms with Gasteiger partial charge in [-0.2, -0.15) is 0 Å². The zero-order valence-corrected chi connectivity index (χ0v) is 9.57. The number of rotatable bonds is 1. The fourth-order valence-corrected chi connectivity index (χ4v) is 2.06. The smallest absolute Gasteiger partial charge is 0.0409 e. The maximum Gasteiger partial charge on any atom is 0.0409 e. The summed E-state index contributed by atoms with van der Waals surface area (Å²) in [5, 5.41) is 4.34. The molecule has 0 saturated carbocycles. The van der Waals surface area contributed by atoms with Gasteiger partial charge in [0.05, 0.1) is 0 Å². The number of halogens is 2. The topological polar surface area (TPSA) is 12.0 Å². The molecule has 1 aliphatic rings. The molecule has 1 heterocycles. The third kappa shape index (κ3) is 2.88. The summed E-state index contributed by atoms with van der Waals surface area (Å²) in [5.41, 5.74) is 1.33. The Balaban J connectivity index is 0.000000980. The molecule has 1 fully saturated rings. The summed E-state index contributed by atoms with van der Waals surface area (Å²) in [4.78, 5) is 0. The molecule has 1 aromatic rings. The van der Waals surface area contributed by atoms with Crippen LogP contribution in [0.3, 0.4) is 0 Å². The zero-order chi connectivity index (χ0) is 9.10. The molecule has 1 atom stereocenters. The van der Waals surface area contributed by atoms with Crippen LogP contribution in [0.15, 0.2) is 24.3 Å². The lowest BCUT2D eigenvalue weighted by Crippen LogP contribution is -2.26. The van der Waals surface area contributed by atoms with E-state index in [4.69, 9.17) is 11.6 Å². The Kier molecular flexibility index (Phi) is 4.73. The highest BCUT2D eigenvalue weighted by Crippen LogP contribution is 2.24. The largest absolute Gasteiger partial charge is 0.310 e. The molecular weight excluding hydrogens is 217 g/mol. The third-order valence-corrected chi connectivity index (χ3v) is 2.80. The molecule has 1 nitrogen and oxygen atoms in total. The first-order chi connectivity index (χ1) is 6.36. The highest BCUT2D eigenvalue weighted by Gasteiger charge is 2.13. The van der Waals surface area contributed by atoms with Gasteiger partial charge in [-0.25, -0.2) is 0 Å². The lowest BCUT2D eigenvalue weighted by Gasteiger charge is -2.23. The Morgan fingerprint density at radius 3 is 2.79 bits per heavy atom. The molecule has 14 heavy (non-hydrogen) atoms. The van der Waals surface area contributed by atoms with E-state index in [0.717, 1.165) is 11.6 Å². The van der Waals surface area contributed by atoms with E-state index in [9.17, 15) is 0 Å². The minimum absolute atomic E-state index is 0. The van der Waals surface area contributed by atoms with Crippen molar-refractivity contribution in [2.45, 2.75) is 25.3 Å². The van der Waals surface area contributed by atoms with Gasteiger partial charge in [-0.3, -0.25) is 0 Å². The molecule has 0 aliphatic carbocycles. The standard InChI is InChI=1S/C11H14ClN.ClH/c12-10-5-3-4-9(8-10)11-6-1-2-7-13-11;/h3-5,8,11,13H,1-2,6-7H2;1H/t11-;/m0./s1. The van der Waals surface area contributed by atoms with Crippen LogP contribution in [0.5, 0.6) is 0 Å². The van der Waals surface area contributed by atoms with Crippen molar-refractivity contribution in [2.75, 3.05) is 6.54 Å². The predicted octanol–water partition coefficient (Wildman–Crippen LogP) is 3.58. The Labute approximate surface area is 96.3 Å². The lowest BCUT2D eigenvalue weighted by molar-refractivity contribution is 0.412. The summed E-state index contributed by atoms with van der Waals surface area (Å²) in [6.07, 6.45) is 3.86. The predicted molar refractivity (Wildman–Crippen MR) is 63.3 cm³/mol. The van der Waals surface area contributed by atoms with E-state index < -0.39 is 0 Å². The van der Waals surface area contributed by atoms with Gasteiger partial charge in [0.1, 0.15) is 0 Å². The number of piperidine rings is 1. The Hall–Kier alpha value is -0.240. The van der Waals surface area contributed by atoms with Gasteiger partial charge in [0, 0.05) is 11.1 Å². The molecule has 0 aromatic heterocycles. The zero-order valence-electron chi connectivity index (χ0n) is 8.00. The average Bonchev–Trinajstić information content (AvgIpc) is 2.19. The van der Waals surface area contributed by atoms with E-state index in [2.05, 4.69) is 17.4 Å². The monoisotopic (exact) mass is 231 g/mol. The normalized spacial score (nSPS) is 21.4. The van der Waals surface area contributed by atoms with Crippen molar-refractivity contribution in [3.05, 3.63) is 34.9 Å². The van der Waals surface area contributed by atoms with Gasteiger partial charge in [0.25, 0.3) is 0 Å². The van der Waals surface area contributed by atoms with Crippen LogP contribution in [0.1, 0.15) is 30.9 Å². The van der Waals surface area contributed by atoms with Crippen LogP contribution in [0.2, 0.25) is 5.02 Å². The van der Waals surface area contributed by atoms with Crippen molar-refractivity contribution in [1.82, 2.24) is 5.32 Å². The molecule has 0 spiro atoms. The summed E-state index contributed by atoms with van der Waals surface area (Å²) in [5.74, 6) is 0. The van der Waals surface area contributed by atoms with Crippen LogP contribution in [0.25, 0.3) is 0 Å². The van der Waals surface area contributed by atoms with Gasteiger partial charge >= 0.3 is 0 Å².